The van der Waals surface area contributed by atoms with Gasteiger partial charge in [-0.2, -0.15) is 0 Å². The maximum absolute atomic E-state index is 12.1. The number of fused-ring (bicyclic) bond motifs is 1. The summed E-state index contributed by atoms with van der Waals surface area (Å²) in [5.74, 6) is 0.854. The number of carbonyl (C=O) groups is 1. The van der Waals surface area contributed by atoms with Gasteiger partial charge in [0, 0.05) is 36.6 Å². The fraction of sp³-hybridized carbons (Fsp3) is 0.806. The van der Waals surface area contributed by atoms with Crippen molar-refractivity contribution < 1.29 is 23.5 Å². The number of aryl methyl sites for hydroxylation is 1. The molecule has 1 aliphatic rings. The maximum atomic E-state index is 12.1. The number of unbranched alkanes of at least 4 members (excludes halogenated alkanes) is 10. The smallest absolute Gasteiger partial charge is 0.305 e. The summed E-state index contributed by atoms with van der Waals surface area (Å²) in [6.45, 7) is 9.24. The highest BCUT2D eigenvalue weighted by molar-refractivity contribution is 5.69. The molecule has 6 nitrogen and oxygen atoms in total. The first kappa shape index (κ1) is 31.6. The Morgan fingerprint density at radius 1 is 0.973 bits per heavy atom. The fourth-order valence-corrected chi connectivity index (χ4v) is 5.07. The Morgan fingerprint density at radius 3 is 2.27 bits per heavy atom. The Kier molecular flexibility index (Phi) is 15.2. The molecule has 0 aromatic carbocycles. The molecular weight excluding hydrogens is 464 g/mol. The van der Waals surface area contributed by atoms with Crippen LogP contribution in [0.15, 0.2) is 6.20 Å². The van der Waals surface area contributed by atoms with Gasteiger partial charge in [-0.05, 0) is 13.3 Å². The lowest BCUT2D eigenvalue weighted by atomic mass is 10.1. The van der Waals surface area contributed by atoms with Crippen LogP contribution in [-0.2, 0) is 27.4 Å². The predicted molar refractivity (Wildman–Crippen MR) is 150 cm³/mol. The molecule has 0 spiro atoms. The van der Waals surface area contributed by atoms with E-state index in [1.807, 2.05) is 13.1 Å². The van der Waals surface area contributed by atoms with Crippen molar-refractivity contribution in [2.45, 2.75) is 137 Å². The first-order valence-electron chi connectivity index (χ1n) is 15.1. The minimum absolute atomic E-state index is 0.0473. The molecule has 1 unspecified atom stereocenters. The molecule has 1 aromatic rings. The van der Waals surface area contributed by atoms with Crippen molar-refractivity contribution in [1.82, 2.24) is 4.98 Å². The van der Waals surface area contributed by atoms with E-state index in [9.17, 15) is 4.79 Å². The molecular formula is C31H55N2O4+. The number of hydrogen-bond acceptors (Lipinski definition) is 5. The van der Waals surface area contributed by atoms with E-state index in [1.54, 1.807) is 0 Å². The summed E-state index contributed by atoms with van der Waals surface area (Å²) in [6, 6.07) is 0. The molecule has 1 aliphatic heterocycles. The Hall–Kier alpha value is -1.66. The second-order valence-electron chi connectivity index (χ2n) is 11.5. The zero-order valence-electron chi connectivity index (χ0n) is 24.6. The van der Waals surface area contributed by atoms with E-state index in [2.05, 4.69) is 32.9 Å². The first-order chi connectivity index (χ1) is 17.9. The van der Waals surface area contributed by atoms with Crippen LogP contribution in [0, 0.1) is 6.92 Å². The van der Waals surface area contributed by atoms with E-state index in [1.165, 1.54) is 63.4 Å². The number of esters is 1. The van der Waals surface area contributed by atoms with Gasteiger partial charge in [-0.15, -0.1) is 0 Å². The Bertz CT molecular complexity index is 781. The van der Waals surface area contributed by atoms with Gasteiger partial charge in [0.15, 0.2) is 6.29 Å². The van der Waals surface area contributed by atoms with Crippen molar-refractivity contribution in [3.8, 4) is 5.75 Å². The van der Waals surface area contributed by atoms with Crippen LogP contribution in [0.1, 0.15) is 127 Å². The summed E-state index contributed by atoms with van der Waals surface area (Å²) in [5.41, 5.74) is 3.23. The van der Waals surface area contributed by atoms with E-state index in [-0.39, 0.29) is 12.3 Å². The standard InChI is InChI=1S/C31H55N2O4/c1-6-8-9-10-11-12-13-14-15-16-17-20-29(34)35-22-18-21-33(4,5)24-27-23-32-26(3)31-28(27)25-36-30(37-31)19-7-2/h23,30H,6-22,24-25H2,1-5H3/q+1. The molecule has 0 aliphatic carbocycles. The Morgan fingerprint density at radius 2 is 1.62 bits per heavy atom. The third-order valence-corrected chi connectivity index (χ3v) is 7.35. The molecule has 0 bridgehead atoms. The molecule has 1 atom stereocenters. The summed E-state index contributed by atoms with van der Waals surface area (Å²) in [6.07, 6.45) is 19.3. The highest BCUT2D eigenvalue weighted by Crippen LogP contribution is 2.33. The van der Waals surface area contributed by atoms with Crippen LogP contribution in [0.5, 0.6) is 5.75 Å². The normalized spacial score (nSPS) is 15.3. The lowest BCUT2D eigenvalue weighted by molar-refractivity contribution is -0.903. The van der Waals surface area contributed by atoms with Gasteiger partial charge in [0.05, 0.1) is 39.5 Å². The van der Waals surface area contributed by atoms with Gasteiger partial charge < -0.3 is 18.7 Å². The van der Waals surface area contributed by atoms with Gasteiger partial charge >= 0.3 is 5.97 Å². The van der Waals surface area contributed by atoms with E-state index in [4.69, 9.17) is 14.2 Å². The SMILES string of the molecule is CCCCCCCCCCCCCC(=O)OCCC[N+](C)(C)Cc1cnc(C)c2c1COC(CCC)O2. The molecule has 0 fully saturated rings. The largest absolute Gasteiger partial charge is 0.465 e. The zero-order chi connectivity index (χ0) is 26.9. The summed E-state index contributed by atoms with van der Waals surface area (Å²) in [4.78, 5) is 16.7. The maximum Gasteiger partial charge on any atom is 0.305 e. The molecule has 6 heteroatoms. The van der Waals surface area contributed by atoms with Crippen molar-refractivity contribution >= 4 is 5.97 Å². The number of hydrogen-bond donors (Lipinski definition) is 0. The zero-order valence-corrected chi connectivity index (χ0v) is 24.6. The topological polar surface area (TPSA) is 57.7 Å². The molecule has 212 valence electrons. The van der Waals surface area contributed by atoms with Gasteiger partial charge in [0.1, 0.15) is 12.3 Å². The predicted octanol–water partition coefficient (Wildman–Crippen LogP) is 7.64. The van der Waals surface area contributed by atoms with E-state index < -0.39 is 0 Å². The molecule has 0 radical (unpaired) electrons. The fourth-order valence-electron chi connectivity index (χ4n) is 5.07. The number of ether oxygens (including phenoxy) is 3. The molecule has 0 amide bonds. The van der Waals surface area contributed by atoms with E-state index in [0.29, 0.717) is 19.6 Å². The van der Waals surface area contributed by atoms with Crippen LogP contribution in [0.25, 0.3) is 0 Å². The number of quaternary nitrogens is 1. The van der Waals surface area contributed by atoms with Crippen LogP contribution in [0.2, 0.25) is 0 Å². The molecule has 0 N–H and O–H groups in total. The Labute approximate surface area is 227 Å². The third-order valence-electron chi connectivity index (χ3n) is 7.35. The van der Waals surface area contributed by atoms with Crippen molar-refractivity contribution in [2.75, 3.05) is 27.2 Å². The van der Waals surface area contributed by atoms with Crippen LogP contribution >= 0.6 is 0 Å². The van der Waals surface area contributed by atoms with Crippen molar-refractivity contribution in [2.24, 2.45) is 0 Å². The summed E-state index contributed by atoms with van der Waals surface area (Å²) in [7, 11) is 4.42. The van der Waals surface area contributed by atoms with E-state index >= 15 is 0 Å². The summed E-state index contributed by atoms with van der Waals surface area (Å²) >= 11 is 0. The third kappa shape index (κ3) is 12.6. The van der Waals surface area contributed by atoms with Crippen molar-refractivity contribution in [3.05, 3.63) is 23.0 Å². The molecule has 37 heavy (non-hydrogen) atoms. The quantitative estimate of drug-likeness (QED) is 0.101. The average Bonchev–Trinajstić information content (AvgIpc) is 2.87. The van der Waals surface area contributed by atoms with Gasteiger partial charge in [-0.3, -0.25) is 9.78 Å². The highest BCUT2D eigenvalue weighted by Gasteiger charge is 2.27. The number of carbonyl (C=O) groups excluding carboxylic acids is 1. The second kappa shape index (κ2) is 17.8. The lowest BCUT2D eigenvalue weighted by Crippen LogP contribution is -2.40. The molecule has 0 saturated carbocycles. The van der Waals surface area contributed by atoms with Gasteiger partial charge in [-0.25, -0.2) is 0 Å². The molecule has 2 heterocycles. The van der Waals surface area contributed by atoms with Gasteiger partial charge in [-0.1, -0.05) is 84.5 Å². The minimum Gasteiger partial charge on any atom is -0.465 e. The van der Waals surface area contributed by atoms with Crippen molar-refractivity contribution in [1.29, 1.82) is 0 Å². The van der Waals surface area contributed by atoms with Gasteiger partial charge in [0.25, 0.3) is 0 Å². The van der Waals surface area contributed by atoms with E-state index in [0.717, 1.165) is 66.7 Å². The molecule has 0 saturated heterocycles. The second-order valence-corrected chi connectivity index (χ2v) is 11.5. The monoisotopic (exact) mass is 519 g/mol. The average molecular weight is 520 g/mol. The number of pyridine rings is 1. The summed E-state index contributed by atoms with van der Waals surface area (Å²) < 4.78 is 18.4. The minimum atomic E-state index is -0.171. The van der Waals surface area contributed by atoms with Crippen LogP contribution < -0.4 is 4.74 Å². The van der Waals surface area contributed by atoms with Crippen LogP contribution in [-0.4, -0.2) is 49.0 Å². The first-order valence-corrected chi connectivity index (χ1v) is 15.1. The van der Waals surface area contributed by atoms with Gasteiger partial charge in [0.2, 0.25) is 0 Å². The molecule has 2 rings (SSSR count). The van der Waals surface area contributed by atoms with Crippen LogP contribution in [0.4, 0.5) is 0 Å². The Balaban J connectivity index is 1.58. The number of nitrogens with zero attached hydrogens (tertiary/aromatic N) is 2. The molecule has 1 aromatic heterocycles. The number of aromatic nitrogens is 1. The van der Waals surface area contributed by atoms with Crippen molar-refractivity contribution in [3.63, 3.8) is 0 Å². The lowest BCUT2D eigenvalue weighted by Gasteiger charge is -2.33. The summed E-state index contributed by atoms with van der Waals surface area (Å²) in [5, 5.41) is 0. The number of rotatable bonds is 20. The highest BCUT2D eigenvalue weighted by atomic mass is 16.7. The van der Waals surface area contributed by atoms with Crippen LogP contribution in [0.3, 0.4) is 0 Å².